The summed E-state index contributed by atoms with van der Waals surface area (Å²) >= 11 is 9.29. The van der Waals surface area contributed by atoms with Crippen molar-refractivity contribution in [3.8, 4) is 11.5 Å². The molecule has 2 aromatic carbocycles. The zero-order chi connectivity index (χ0) is 22.4. The lowest BCUT2D eigenvalue weighted by atomic mass is 10.1. The molecule has 1 heterocycles. The maximum atomic E-state index is 12.3. The van der Waals surface area contributed by atoms with Gasteiger partial charge in [0.25, 0.3) is 5.91 Å². The van der Waals surface area contributed by atoms with Crippen molar-refractivity contribution in [2.75, 3.05) is 51.8 Å². The number of piperazine rings is 1. The van der Waals surface area contributed by atoms with Gasteiger partial charge in [0.1, 0.15) is 4.99 Å². The van der Waals surface area contributed by atoms with E-state index in [1.165, 1.54) is 0 Å². The molecule has 0 saturated carbocycles. The van der Waals surface area contributed by atoms with Crippen LogP contribution in [0.3, 0.4) is 0 Å². The minimum Gasteiger partial charge on any atom is -0.493 e. The Morgan fingerprint density at radius 1 is 1.16 bits per heavy atom. The number of nitrogens with one attached hydrogen (secondary N) is 1. The molecule has 3 rings (SSSR count). The number of hydrogen-bond donors (Lipinski definition) is 1. The van der Waals surface area contributed by atoms with Crippen LogP contribution in [0.1, 0.15) is 18.1 Å². The average Bonchev–Trinajstić information content (AvgIpc) is 2.78. The van der Waals surface area contributed by atoms with E-state index in [0.717, 1.165) is 54.5 Å². The van der Waals surface area contributed by atoms with Gasteiger partial charge in [0.2, 0.25) is 0 Å². The number of amides is 1. The molecule has 0 radical (unpaired) electrons. The lowest BCUT2D eigenvalue weighted by Crippen LogP contribution is -2.48. The van der Waals surface area contributed by atoms with Gasteiger partial charge in [-0.2, -0.15) is 0 Å². The minimum absolute atomic E-state index is 0.133. The van der Waals surface area contributed by atoms with E-state index in [9.17, 15) is 4.79 Å². The lowest BCUT2D eigenvalue weighted by molar-refractivity contribution is -0.118. The fourth-order valence-corrected chi connectivity index (χ4v) is 4.26. The third-order valence-electron chi connectivity index (χ3n) is 5.27. The number of methoxy groups -OCH3 is 1. The number of carbonyl (C=O) groups is 1. The highest BCUT2D eigenvalue weighted by molar-refractivity contribution is 9.10. The molecule has 6 nitrogen and oxygen atoms in total. The molecule has 0 unspecified atom stereocenters. The van der Waals surface area contributed by atoms with Crippen molar-refractivity contribution in [2.45, 2.75) is 13.8 Å². The molecule has 1 N–H and O–H groups in total. The van der Waals surface area contributed by atoms with Crippen molar-refractivity contribution in [2.24, 2.45) is 0 Å². The summed E-state index contributed by atoms with van der Waals surface area (Å²) in [5.41, 5.74) is 2.75. The molecule has 166 valence electrons. The Kier molecular flexibility index (Phi) is 8.28. The number of benzene rings is 2. The molecular formula is C23H28BrN3O3S. The van der Waals surface area contributed by atoms with Gasteiger partial charge in [0, 0.05) is 37.4 Å². The van der Waals surface area contributed by atoms with Gasteiger partial charge < -0.3 is 24.6 Å². The number of hydrogen-bond acceptors (Lipinski definition) is 5. The molecule has 0 atom stereocenters. The molecule has 1 saturated heterocycles. The molecular weight excluding hydrogens is 478 g/mol. The second kappa shape index (κ2) is 10.9. The highest BCUT2D eigenvalue weighted by Crippen LogP contribution is 2.37. The zero-order valence-electron chi connectivity index (χ0n) is 18.1. The molecule has 8 heteroatoms. The number of likely N-dealkylation sites (N-methyl/N-ethyl adjacent to an activating group) is 1. The lowest BCUT2D eigenvalue weighted by Gasteiger charge is -2.35. The fourth-order valence-electron chi connectivity index (χ4n) is 3.40. The van der Waals surface area contributed by atoms with E-state index in [0.29, 0.717) is 16.0 Å². The summed E-state index contributed by atoms with van der Waals surface area (Å²) in [4.78, 5) is 17.7. The highest BCUT2D eigenvalue weighted by Gasteiger charge is 2.21. The number of carbonyl (C=O) groups excluding carboxylic acids is 1. The zero-order valence-corrected chi connectivity index (χ0v) is 20.5. The predicted octanol–water partition coefficient (Wildman–Crippen LogP) is 4.10. The molecule has 1 fully saturated rings. The largest absolute Gasteiger partial charge is 0.493 e. The van der Waals surface area contributed by atoms with Crippen LogP contribution in [0.15, 0.2) is 40.9 Å². The van der Waals surface area contributed by atoms with Gasteiger partial charge in [0.05, 0.1) is 11.6 Å². The van der Waals surface area contributed by atoms with Crippen molar-refractivity contribution < 1.29 is 14.3 Å². The number of aryl methyl sites for hydroxylation is 1. The van der Waals surface area contributed by atoms with Crippen LogP contribution in [-0.2, 0) is 4.79 Å². The van der Waals surface area contributed by atoms with Gasteiger partial charge in [-0.1, -0.05) is 36.8 Å². The summed E-state index contributed by atoms with van der Waals surface area (Å²) in [6, 6.07) is 11.4. The quantitative estimate of drug-likeness (QED) is 0.571. The molecule has 0 bridgehead atoms. The maximum absolute atomic E-state index is 12.3. The predicted molar refractivity (Wildman–Crippen MR) is 131 cm³/mol. The van der Waals surface area contributed by atoms with Crippen molar-refractivity contribution in [1.82, 2.24) is 9.80 Å². The van der Waals surface area contributed by atoms with E-state index in [2.05, 4.69) is 38.0 Å². The normalized spacial score (nSPS) is 14.3. The first kappa shape index (κ1) is 23.5. The van der Waals surface area contributed by atoms with Crippen LogP contribution in [0, 0.1) is 6.92 Å². The van der Waals surface area contributed by atoms with Crippen molar-refractivity contribution in [1.29, 1.82) is 0 Å². The molecule has 0 spiro atoms. The number of nitrogens with zero attached hydrogens (tertiary/aromatic N) is 2. The Bertz CT molecular complexity index is 928. The van der Waals surface area contributed by atoms with Crippen LogP contribution in [0.25, 0.3) is 0 Å². The molecule has 2 aromatic rings. The van der Waals surface area contributed by atoms with Crippen molar-refractivity contribution in [3.05, 3.63) is 52.0 Å². The summed E-state index contributed by atoms with van der Waals surface area (Å²) < 4.78 is 12.0. The first-order chi connectivity index (χ1) is 14.9. The monoisotopic (exact) mass is 505 g/mol. The van der Waals surface area contributed by atoms with E-state index < -0.39 is 0 Å². The first-order valence-corrected chi connectivity index (χ1v) is 11.5. The minimum atomic E-state index is -0.244. The van der Waals surface area contributed by atoms with E-state index in [1.807, 2.05) is 43.3 Å². The second-order valence-electron chi connectivity index (χ2n) is 7.42. The van der Waals surface area contributed by atoms with Gasteiger partial charge >= 0.3 is 0 Å². The van der Waals surface area contributed by atoms with Gasteiger partial charge in [-0.15, -0.1) is 0 Å². The molecule has 0 aliphatic carbocycles. The van der Waals surface area contributed by atoms with E-state index in [-0.39, 0.29) is 12.5 Å². The second-order valence-corrected chi connectivity index (χ2v) is 8.66. The first-order valence-electron chi connectivity index (χ1n) is 10.3. The smallest absolute Gasteiger partial charge is 0.262 e. The number of anilines is 1. The number of rotatable bonds is 7. The van der Waals surface area contributed by atoms with Crippen LogP contribution >= 0.6 is 28.1 Å². The summed E-state index contributed by atoms with van der Waals surface area (Å²) in [7, 11) is 1.58. The van der Waals surface area contributed by atoms with Crippen LogP contribution in [0.4, 0.5) is 5.69 Å². The Hall–Kier alpha value is -2.16. The third kappa shape index (κ3) is 6.18. The highest BCUT2D eigenvalue weighted by atomic mass is 79.9. The summed E-state index contributed by atoms with van der Waals surface area (Å²) in [5, 5.41) is 2.83. The fraction of sp³-hybridized carbons (Fsp3) is 0.391. The Morgan fingerprint density at radius 2 is 1.84 bits per heavy atom. The molecule has 1 aliphatic rings. The van der Waals surface area contributed by atoms with Gasteiger partial charge in [-0.05, 0) is 53.7 Å². The molecule has 0 aromatic heterocycles. The van der Waals surface area contributed by atoms with Crippen molar-refractivity contribution in [3.63, 3.8) is 0 Å². The Balaban J connectivity index is 1.65. The van der Waals surface area contributed by atoms with E-state index >= 15 is 0 Å². The Morgan fingerprint density at radius 3 is 2.45 bits per heavy atom. The summed E-state index contributed by atoms with van der Waals surface area (Å²) in [6.07, 6.45) is 0. The van der Waals surface area contributed by atoms with E-state index in [1.54, 1.807) is 7.11 Å². The van der Waals surface area contributed by atoms with E-state index in [4.69, 9.17) is 21.7 Å². The molecule has 1 amide bonds. The van der Waals surface area contributed by atoms with Gasteiger partial charge in [-0.3, -0.25) is 4.79 Å². The Labute approximate surface area is 197 Å². The molecule has 1 aliphatic heterocycles. The average molecular weight is 506 g/mol. The number of ether oxygens (including phenoxy) is 2. The van der Waals surface area contributed by atoms with Crippen LogP contribution in [0.2, 0.25) is 0 Å². The third-order valence-corrected chi connectivity index (χ3v) is 6.35. The number of thiocarbonyl (C=S) groups is 1. The summed E-state index contributed by atoms with van der Waals surface area (Å²) in [6.45, 7) is 8.93. The van der Waals surface area contributed by atoms with Gasteiger partial charge in [-0.25, -0.2) is 0 Å². The van der Waals surface area contributed by atoms with Crippen molar-refractivity contribution >= 4 is 44.7 Å². The van der Waals surface area contributed by atoms with Crippen LogP contribution < -0.4 is 14.8 Å². The topological polar surface area (TPSA) is 54.0 Å². The number of halogens is 1. The SMILES string of the molecule is CCN1CCN(C(=S)c2cc(Br)c(OCC(=O)Nc3ccc(C)cc3)c(OC)c2)CC1. The maximum Gasteiger partial charge on any atom is 0.262 e. The summed E-state index contributed by atoms with van der Waals surface area (Å²) in [5.74, 6) is 0.761. The standard InChI is InChI=1S/C23H28BrN3O3S/c1-4-26-9-11-27(12-10-26)23(31)17-13-19(24)22(20(14-17)29-3)30-15-21(28)25-18-7-5-16(2)6-8-18/h5-8,13-14H,4,9-12,15H2,1-3H3,(H,25,28). The van der Waals surface area contributed by atoms with Gasteiger partial charge in [0.15, 0.2) is 18.1 Å². The van der Waals surface area contributed by atoms with Crippen LogP contribution in [0.5, 0.6) is 11.5 Å². The van der Waals surface area contributed by atoms with Crippen LogP contribution in [-0.4, -0.2) is 67.1 Å². The molecule has 31 heavy (non-hydrogen) atoms.